The van der Waals surface area contributed by atoms with Gasteiger partial charge in [-0.05, 0) is 26.2 Å². The van der Waals surface area contributed by atoms with E-state index in [0.717, 1.165) is 6.54 Å². The molecule has 0 bridgehead atoms. The summed E-state index contributed by atoms with van der Waals surface area (Å²) < 4.78 is 18.0. The zero-order valence-electron chi connectivity index (χ0n) is 7.83. The molecule has 0 amide bonds. The van der Waals surface area contributed by atoms with Gasteiger partial charge in [0, 0.05) is 12.7 Å². The van der Waals surface area contributed by atoms with Crippen molar-refractivity contribution >= 4 is 0 Å². The molecule has 0 unspecified atom stereocenters. The molecule has 0 saturated heterocycles. The molecular formula is C9H13FN2O. The van der Waals surface area contributed by atoms with Crippen LogP contribution in [-0.2, 0) is 0 Å². The van der Waals surface area contributed by atoms with Crippen molar-refractivity contribution in [2.75, 3.05) is 27.2 Å². The van der Waals surface area contributed by atoms with E-state index in [1.54, 1.807) is 12.1 Å². The topological polar surface area (TPSA) is 25.4 Å². The highest BCUT2D eigenvalue weighted by Gasteiger charge is 2.01. The predicted molar refractivity (Wildman–Crippen MR) is 48.2 cm³/mol. The summed E-state index contributed by atoms with van der Waals surface area (Å²) in [7, 11) is 3.87. The lowest BCUT2D eigenvalue weighted by atomic mass is 10.4. The minimum Gasteiger partial charge on any atom is -0.487 e. The number of hydrogen-bond acceptors (Lipinski definition) is 3. The lowest BCUT2D eigenvalue weighted by Crippen LogP contribution is -2.19. The molecule has 1 aromatic rings. The molecule has 0 spiro atoms. The highest BCUT2D eigenvalue weighted by molar-refractivity contribution is 5.17. The van der Waals surface area contributed by atoms with Crippen LogP contribution >= 0.6 is 0 Å². The first-order chi connectivity index (χ1) is 6.20. The van der Waals surface area contributed by atoms with E-state index in [4.69, 9.17) is 4.74 Å². The van der Waals surface area contributed by atoms with Crippen LogP contribution in [0.5, 0.6) is 5.75 Å². The van der Waals surface area contributed by atoms with Crippen LogP contribution < -0.4 is 4.74 Å². The molecule has 1 aromatic heterocycles. The van der Waals surface area contributed by atoms with Gasteiger partial charge in [0.25, 0.3) is 5.95 Å². The third-order valence-electron chi connectivity index (χ3n) is 1.52. The lowest BCUT2D eigenvalue weighted by molar-refractivity contribution is 0.250. The van der Waals surface area contributed by atoms with Crippen LogP contribution in [-0.4, -0.2) is 37.1 Å². The van der Waals surface area contributed by atoms with Crippen molar-refractivity contribution in [3.63, 3.8) is 0 Å². The number of aromatic nitrogens is 1. The number of pyridine rings is 1. The molecule has 0 aliphatic heterocycles. The van der Waals surface area contributed by atoms with E-state index >= 15 is 0 Å². The smallest absolute Gasteiger partial charge is 0.255 e. The molecular weight excluding hydrogens is 171 g/mol. The minimum atomic E-state index is -0.554. The number of likely N-dealkylation sites (N-methyl/N-ethyl adjacent to an activating group) is 1. The van der Waals surface area contributed by atoms with Gasteiger partial charge in [-0.1, -0.05) is 0 Å². The van der Waals surface area contributed by atoms with Crippen molar-refractivity contribution in [3.05, 3.63) is 24.3 Å². The van der Waals surface area contributed by atoms with Crippen LogP contribution in [0.15, 0.2) is 18.3 Å². The summed E-state index contributed by atoms with van der Waals surface area (Å²) in [5.41, 5.74) is 0. The Morgan fingerprint density at radius 3 is 2.92 bits per heavy atom. The number of ether oxygens (including phenoxy) is 1. The van der Waals surface area contributed by atoms with Crippen LogP contribution in [0.3, 0.4) is 0 Å². The first kappa shape index (κ1) is 9.92. The molecule has 72 valence electrons. The second kappa shape index (κ2) is 4.77. The molecule has 13 heavy (non-hydrogen) atoms. The SMILES string of the molecule is CN(C)CCOc1cccnc1F. The Morgan fingerprint density at radius 2 is 2.31 bits per heavy atom. The van der Waals surface area contributed by atoms with E-state index < -0.39 is 5.95 Å². The zero-order valence-corrected chi connectivity index (χ0v) is 7.83. The van der Waals surface area contributed by atoms with E-state index in [1.807, 2.05) is 19.0 Å². The van der Waals surface area contributed by atoms with Gasteiger partial charge < -0.3 is 9.64 Å². The zero-order chi connectivity index (χ0) is 9.68. The van der Waals surface area contributed by atoms with E-state index in [2.05, 4.69) is 4.98 Å². The molecule has 1 heterocycles. The van der Waals surface area contributed by atoms with Crippen LogP contribution in [0.2, 0.25) is 0 Å². The van der Waals surface area contributed by atoms with Gasteiger partial charge in [-0.3, -0.25) is 0 Å². The van der Waals surface area contributed by atoms with Crippen LogP contribution in [0.4, 0.5) is 4.39 Å². The van der Waals surface area contributed by atoms with Crippen molar-refractivity contribution in [2.45, 2.75) is 0 Å². The van der Waals surface area contributed by atoms with Crippen molar-refractivity contribution in [1.29, 1.82) is 0 Å². The fraction of sp³-hybridized carbons (Fsp3) is 0.444. The van der Waals surface area contributed by atoms with Crippen molar-refractivity contribution in [1.82, 2.24) is 9.88 Å². The van der Waals surface area contributed by atoms with Gasteiger partial charge in [0.1, 0.15) is 6.61 Å². The molecule has 0 aromatic carbocycles. The molecule has 0 aliphatic carbocycles. The Labute approximate surface area is 77.1 Å². The highest BCUT2D eigenvalue weighted by Crippen LogP contribution is 2.12. The second-order valence-electron chi connectivity index (χ2n) is 2.94. The molecule has 0 N–H and O–H groups in total. The minimum absolute atomic E-state index is 0.212. The van der Waals surface area contributed by atoms with E-state index in [0.29, 0.717) is 6.61 Å². The van der Waals surface area contributed by atoms with E-state index in [9.17, 15) is 4.39 Å². The maximum atomic E-state index is 12.9. The van der Waals surface area contributed by atoms with Gasteiger partial charge >= 0.3 is 0 Å². The summed E-state index contributed by atoms with van der Waals surface area (Å²) in [6.45, 7) is 1.23. The van der Waals surface area contributed by atoms with Gasteiger partial charge in [0.2, 0.25) is 0 Å². The van der Waals surface area contributed by atoms with Crippen LogP contribution in [0, 0.1) is 5.95 Å². The summed E-state index contributed by atoms with van der Waals surface area (Å²) >= 11 is 0. The molecule has 0 saturated carbocycles. The van der Waals surface area contributed by atoms with Crippen molar-refractivity contribution < 1.29 is 9.13 Å². The number of rotatable bonds is 4. The predicted octanol–water partition coefficient (Wildman–Crippen LogP) is 1.16. The average Bonchev–Trinajstić information content (AvgIpc) is 2.08. The van der Waals surface area contributed by atoms with Gasteiger partial charge in [0.05, 0.1) is 0 Å². The fourth-order valence-electron chi connectivity index (χ4n) is 0.817. The maximum absolute atomic E-state index is 12.9. The molecule has 0 fully saturated rings. The highest BCUT2D eigenvalue weighted by atomic mass is 19.1. The van der Waals surface area contributed by atoms with Crippen molar-refractivity contribution in [2.24, 2.45) is 0 Å². The van der Waals surface area contributed by atoms with Gasteiger partial charge in [-0.15, -0.1) is 0 Å². The normalized spacial score (nSPS) is 10.5. The number of hydrogen-bond donors (Lipinski definition) is 0. The van der Waals surface area contributed by atoms with Crippen LogP contribution in [0.1, 0.15) is 0 Å². The largest absolute Gasteiger partial charge is 0.487 e. The van der Waals surface area contributed by atoms with Gasteiger partial charge in [-0.2, -0.15) is 4.39 Å². The summed E-state index contributed by atoms with van der Waals surface area (Å²) in [5.74, 6) is -0.342. The Balaban J connectivity index is 2.41. The Morgan fingerprint density at radius 1 is 1.54 bits per heavy atom. The Hall–Kier alpha value is -1.16. The third kappa shape index (κ3) is 3.38. The van der Waals surface area contributed by atoms with Crippen LogP contribution in [0.25, 0.3) is 0 Å². The lowest BCUT2D eigenvalue weighted by Gasteiger charge is -2.10. The molecule has 0 atom stereocenters. The Bertz CT molecular complexity index is 266. The molecule has 0 radical (unpaired) electrons. The van der Waals surface area contributed by atoms with E-state index in [1.165, 1.54) is 6.20 Å². The molecule has 4 heteroatoms. The summed E-state index contributed by atoms with van der Waals surface area (Å²) in [6.07, 6.45) is 1.40. The standard InChI is InChI=1S/C9H13FN2O/c1-12(2)6-7-13-8-4-3-5-11-9(8)10/h3-5H,6-7H2,1-2H3. The average molecular weight is 184 g/mol. The summed E-state index contributed by atoms with van der Waals surface area (Å²) in [4.78, 5) is 5.44. The fourth-order valence-corrected chi connectivity index (χ4v) is 0.817. The number of nitrogens with zero attached hydrogens (tertiary/aromatic N) is 2. The third-order valence-corrected chi connectivity index (χ3v) is 1.52. The first-order valence-electron chi connectivity index (χ1n) is 4.08. The maximum Gasteiger partial charge on any atom is 0.255 e. The van der Waals surface area contributed by atoms with Gasteiger partial charge in [0.15, 0.2) is 5.75 Å². The number of halogens is 1. The monoisotopic (exact) mass is 184 g/mol. The van der Waals surface area contributed by atoms with Gasteiger partial charge in [-0.25, -0.2) is 4.98 Å². The molecule has 3 nitrogen and oxygen atoms in total. The molecule has 1 rings (SSSR count). The molecule has 0 aliphatic rings. The summed E-state index contributed by atoms with van der Waals surface area (Å²) in [6, 6.07) is 3.21. The first-order valence-corrected chi connectivity index (χ1v) is 4.08. The Kier molecular flexibility index (Phi) is 3.64. The quantitative estimate of drug-likeness (QED) is 0.656. The van der Waals surface area contributed by atoms with E-state index in [-0.39, 0.29) is 5.75 Å². The second-order valence-corrected chi connectivity index (χ2v) is 2.94. The summed E-state index contributed by atoms with van der Waals surface area (Å²) in [5, 5.41) is 0. The van der Waals surface area contributed by atoms with Crippen molar-refractivity contribution in [3.8, 4) is 5.75 Å².